The summed E-state index contributed by atoms with van der Waals surface area (Å²) in [5, 5.41) is 12.6. The second-order valence-corrected chi connectivity index (χ2v) is 8.68. The lowest BCUT2D eigenvalue weighted by Crippen LogP contribution is -2.62. The van der Waals surface area contributed by atoms with Crippen LogP contribution in [0.2, 0.25) is 0 Å². The first kappa shape index (κ1) is 15.4. The van der Waals surface area contributed by atoms with Gasteiger partial charge in [0.15, 0.2) is 0 Å². The lowest BCUT2D eigenvalue weighted by atomic mass is 9.53. The van der Waals surface area contributed by atoms with Gasteiger partial charge in [-0.3, -0.25) is 14.5 Å². The molecule has 0 spiro atoms. The fourth-order valence-corrected chi connectivity index (χ4v) is 6.14. The van der Waals surface area contributed by atoms with Crippen molar-refractivity contribution in [2.75, 3.05) is 13.1 Å². The molecule has 1 amide bonds. The van der Waals surface area contributed by atoms with Gasteiger partial charge < -0.3 is 10.4 Å². The first-order chi connectivity index (χ1) is 10.9. The van der Waals surface area contributed by atoms with E-state index in [1.54, 1.807) is 0 Å². The van der Waals surface area contributed by atoms with E-state index in [9.17, 15) is 9.59 Å². The second-order valence-electron chi connectivity index (χ2n) is 8.68. The second kappa shape index (κ2) is 5.47. The minimum atomic E-state index is -0.735. The number of amides is 1. The molecule has 4 saturated carbocycles. The molecule has 5 aliphatic rings. The third-order valence-corrected chi connectivity index (χ3v) is 6.92. The zero-order valence-electron chi connectivity index (χ0n) is 14.0. The Bertz CT molecular complexity index is 483. The molecule has 4 bridgehead atoms. The number of carbonyl (C=O) groups is 2. The van der Waals surface area contributed by atoms with Gasteiger partial charge in [0.05, 0.1) is 12.0 Å². The van der Waals surface area contributed by atoms with E-state index in [0.29, 0.717) is 19.5 Å². The molecule has 128 valence electrons. The number of hydrogen-bond donors (Lipinski definition) is 2. The average molecular weight is 320 g/mol. The van der Waals surface area contributed by atoms with Crippen molar-refractivity contribution in [1.82, 2.24) is 10.2 Å². The van der Waals surface area contributed by atoms with Crippen LogP contribution in [0.1, 0.15) is 51.9 Å². The Balaban J connectivity index is 1.39. The lowest BCUT2D eigenvalue weighted by molar-refractivity contribution is -0.141. The van der Waals surface area contributed by atoms with Crippen molar-refractivity contribution in [3.05, 3.63) is 0 Å². The van der Waals surface area contributed by atoms with Gasteiger partial charge in [0.25, 0.3) is 0 Å². The minimum absolute atomic E-state index is 0.0476. The smallest absolute Gasteiger partial charge is 0.307 e. The Labute approximate surface area is 137 Å². The predicted octanol–water partition coefficient (Wildman–Crippen LogP) is 1.87. The molecule has 1 heterocycles. The number of hydrogen-bond acceptors (Lipinski definition) is 3. The number of aliphatic carboxylic acids is 1. The van der Waals surface area contributed by atoms with Gasteiger partial charge in [-0.2, -0.15) is 0 Å². The van der Waals surface area contributed by atoms with Crippen molar-refractivity contribution in [2.45, 2.75) is 63.5 Å². The summed E-state index contributed by atoms with van der Waals surface area (Å²) in [5.41, 5.74) is 0.0476. The van der Waals surface area contributed by atoms with Crippen LogP contribution >= 0.6 is 0 Å². The molecule has 0 aromatic rings. The summed E-state index contributed by atoms with van der Waals surface area (Å²) in [6.45, 7) is 3.15. The van der Waals surface area contributed by atoms with Crippen LogP contribution in [0, 0.1) is 23.7 Å². The molecule has 1 saturated heterocycles. The zero-order valence-corrected chi connectivity index (χ0v) is 14.0. The summed E-state index contributed by atoms with van der Waals surface area (Å²) in [5.74, 6) is 1.52. The van der Waals surface area contributed by atoms with E-state index in [1.165, 1.54) is 19.3 Å². The highest BCUT2D eigenvalue weighted by molar-refractivity contribution is 5.82. The first-order valence-corrected chi connectivity index (χ1v) is 9.23. The fourth-order valence-electron chi connectivity index (χ4n) is 6.14. The maximum absolute atomic E-state index is 12.8. The minimum Gasteiger partial charge on any atom is -0.481 e. The molecule has 2 unspecified atom stereocenters. The summed E-state index contributed by atoms with van der Waals surface area (Å²) in [4.78, 5) is 25.9. The third kappa shape index (κ3) is 2.77. The summed E-state index contributed by atoms with van der Waals surface area (Å²) in [6, 6.07) is -0.215. The van der Waals surface area contributed by atoms with Crippen LogP contribution < -0.4 is 5.32 Å². The molecule has 0 aromatic heterocycles. The Morgan fingerprint density at radius 3 is 2.17 bits per heavy atom. The van der Waals surface area contributed by atoms with Gasteiger partial charge in [-0.1, -0.05) is 0 Å². The van der Waals surface area contributed by atoms with Gasteiger partial charge in [-0.05, 0) is 76.2 Å². The molecule has 0 radical (unpaired) electrons. The van der Waals surface area contributed by atoms with Gasteiger partial charge in [0.2, 0.25) is 5.91 Å². The van der Waals surface area contributed by atoms with Crippen LogP contribution in [-0.4, -0.2) is 46.6 Å². The van der Waals surface area contributed by atoms with E-state index in [4.69, 9.17) is 5.11 Å². The van der Waals surface area contributed by atoms with E-state index < -0.39 is 5.97 Å². The van der Waals surface area contributed by atoms with Gasteiger partial charge in [0, 0.05) is 12.1 Å². The number of nitrogens with one attached hydrogen (secondary N) is 1. The monoisotopic (exact) mass is 320 g/mol. The molecular weight excluding hydrogens is 292 g/mol. The fraction of sp³-hybridized carbons (Fsp3) is 0.889. The van der Waals surface area contributed by atoms with E-state index in [-0.39, 0.29) is 23.4 Å². The molecule has 5 fully saturated rings. The van der Waals surface area contributed by atoms with Crippen molar-refractivity contribution < 1.29 is 14.7 Å². The highest BCUT2D eigenvalue weighted by Gasteiger charge is 2.52. The summed E-state index contributed by atoms with van der Waals surface area (Å²) < 4.78 is 0. The zero-order chi connectivity index (χ0) is 16.2. The summed E-state index contributed by atoms with van der Waals surface area (Å²) >= 11 is 0. The Kier molecular flexibility index (Phi) is 3.67. The molecule has 1 aliphatic heterocycles. The van der Waals surface area contributed by atoms with Crippen LogP contribution in [0.25, 0.3) is 0 Å². The summed E-state index contributed by atoms with van der Waals surface area (Å²) in [7, 11) is 0. The SMILES string of the molecule is CC(C(=O)NC12CC3CC(CC(C3)C1)C2)N1CCC(C(=O)O)C1. The van der Waals surface area contributed by atoms with Crippen molar-refractivity contribution in [3.8, 4) is 0 Å². The molecule has 5 heteroatoms. The van der Waals surface area contributed by atoms with Gasteiger partial charge in [0.1, 0.15) is 0 Å². The van der Waals surface area contributed by atoms with E-state index in [0.717, 1.165) is 37.0 Å². The maximum atomic E-state index is 12.8. The molecule has 0 aromatic carbocycles. The van der Waals surface area contributed by atoms with Crippen LogP contribution in [0.4, 0.5) is 0 Å². The molecular formula is C18H28N2O3. The standard InChI is InChI=1S/C18H28N2O3/c1-11(20-3-2-15(10-20)17(22)23)16(21)19-18-7-12-4-13(8-18)6-14(5-12)9-18/h11-15H,2-10H2,1H3,(H,19,21)(H,22,23). The van der Waals surface area contributed by atoms with Crippen LogP contribution in [0.3, 0.4) is 0 Å². The molecule has 4 aliphatic carbocycles. The van der Waals surface area contributed by atoms with Gasteiger partial charge in [-0.15, -0.1) is 0 Å². The normalized spacial score (nSPS) is 43.5. The molecule has 2 atom stereocenters. The number of likely N-dealkylation sites (tertiary alicyclic amines) is 1. The third-order valence-electron chi connectivity index (χ3n) is 6.92. The topological polar surface area (TPSA) is 69.6 Å². The molecule has 5 nitrogen and oxygen atoms in total. The largest absolute Gasteiger partial charge is 0.481 e. The van der Waals surface area contributed by atoms with Crippen molar-refractivity contribution >= 4 is 11.9 Å². The van der Waals surface area contributed by atoms with E-state index in [2.05, 4.69) is 5.32 Å². The number of nitrogens with zero attached hydrogens (tertiary/aromatic N) is 1. The molecule has 5 rings (SSSR count). The Hall–Kier alpha value is -1.10. The lowest BCUT2D eigenvalue weighted by Gasteiger charge is -2.57. The van der Waals surface area contributed by atoms with E-state index in [1.807, 2.05) is 11.8 Å². The van der Waals surface area contributed by atoms with Crippen molar-refractivity contribution in [2.24, 2.45) is 23.7 Å². The van der Waals surface area contributed by atoms with Crippen LogP contribution in [-0.2, 0) is 9.59 Å². The average Bonchev–Trinajstić information content (AvgIpc) is 2.94. The van der Waals surface area contributed by atoms with Crippen LogP contribution in [0.15, 0.2) is 0 Å². The Morgan fingerprint density at radius 2 is 1.70 bits per heavy atom. The quantitative estimate of drug-likeness (QED) is 0.829. The predicted molar refractivity (Wildman–Crippen MR) is 85.8 cm³/mol. The highest BCUT2D eigenvalue weighted by atomic mass is 16.4. The van der Waals surface area contributed by atoms with Gasteiger partial charge >= 0.3 is 5.97 Å². The van der Waals surface area contributed by atoms with E-state index >= 15 is 0 Å². The maximum Gasteiger partial charge on any atom is 0.307 e. The first-order valence-electron chi connectivity index (χ1n) is 9.23. The molecule has 2 N–H and O–H groups in total. The number of carboxylic acid groups (broad SMARTS) is 1. The number of carboxylic acids is 1. The van der Waals surface area contributed by atoms with Crippen LogP contribution in [0.5, 0.6) is 0 Å². The number of rotatable bonds is 4. The Morgan fingerprint density at radius 1 is 1.13 bits per heavy atom. The summed E-state index contributed by atoms with van der Waals surface area (Å²) in [6.07, 6.45) is 8.26. The highest BCUT2D eigenvalue weighted by Crippen LogP contribution is 2.55. The number of carbonyl (C=O) groups excluding carboxylic acids is 1. The van der Waals surface area contributed by atoms with Crippen molar-refractivity contribution in [3.63, 3.8) is 0 Å². The molecule has 23 heavy (non-hydrogen) atoms. The van der Waals surface area contributed by atoms with Gasteiger partial charge in [-0.25, -0.2) is 0 Å². The van der Waals surface area contributed by atoms with Crippen molar-refractivity contribution in [1.29, 1.82) is 0 Å².